The Labute approximate surface area is 128 Å². The van der Waals surface area contributed by atoms with E-state index in [0.717, 1.165) is 34.9 Å². The van der Waals surface area contributed by atoms with Gasteiger partial charge in [-0.15, -0.1) is 0 Å². The third kappa shape index (κ3) is 2.14. The summed E-state index contributed by atoms with van der Waals surface area (Å²) < 4.78 is 8.94. The zero-order chi connectivity index (χ0) is 13.5. The van der Waals surface area contributed by atoms with Gasteiger partial charge in [0.1, 0.15) is 0 Å². The van der Waals surface area contributed by atoms with Crippen LogP contribution in [0.1, 0.15) is 11.1 Å². The third-order valence-electron chi connectivity index (χ3n) is 3.75. The van der Waals surface area contributed by atoms with Gasteiger partial charge in [-0.3, -0.25) is 0 Å². The van der Waals surface area contributed by atoms with E-state index in [-0.39, 0.29) is 14.6 Å². The SMILES string of the molecule is Clc1ccc2c(c1)CC(Nc1cccc3c1N=[Se]=N3)C2. The number of hydrogen-bond donors (Lipinski definition) is 1. The molecule has 1 aliphatic heterocycles. The van der Waals surface area contributed by atoms with Gasteiger partial charge in [-0.05, 0) is 0 Å². The topological polar surface area (TPSA) is 36.8 Å². The number of hydrogen-bond acceptors (Lipinski definition) is 3. The molecule has 0 bridgehead atoms. The Morgan fingerprint density at radius 1 is 1.10 bits per heavy atom. The van der Waals surface area contributed by atoms with Crippen molar-refractivity contribution in [2.75, 3.05) is 5.32 Å². The molecule has 0 fully saturated rings. The monoisotopic (exact) mass is 349 g/mol. The summed E-state index contributed by atoms with van der Waals surface area (Å²) in [6.07, 6.45) is 2.06. The summed E-state index contributed by atoms with van der Waals surface area (Å²) in [5.41, 5.74) is 5.91. The molecular formula is C15H12ClN3Se. The van der Waals surface area contributed by atoms with Gasteiger partial charge in [-0.1, -0.05) is 0 Å². The molecule has 0 spiro atoms. The maximum atomic E-state index is 6.06. The van der Waals surface area contributed by atoms with Crippen LogP contribution in [0.2, 0.25) is 5.02 Å². The van der Waals surface area contributed by atoms with Crippen LogP contribution in [0.25, 0.3) is 0 Å². The molecule has 1 N–H and O–H groups in total. The molecule has 20 heavy (non-hydrogen) atoms. The van der Waals surface area contributed by atoms with E-state index in [1.54, 1.807) is 0 Å². The first-order chi connectivity index (χ1) is 9.79. The van der Waals surface area contributed by atoms with Crippen molar-refractivity contribution < 1.29 is 0 Å². The minimum atomic E-state index is 0.0201. The first-order valence-electron chi connectivity index (χ1n) is 6.55. The number of nitrogens with zero attached hydrogens (tertiary/aromatic N) is 2. The average molecular weight is 349 g/mol. The van der Waals surface area contributed by atoms with E-state index >= 15 is 0 Å². The molecule has 5 heteroatoms. The van der Waals surface area contributed by atoms with Crippen molar-refractivity contribution >= 4 is 43.2 Å². The summed E-state index contributed by atoms with van der Waals surface area (Å²) in [7, 11) is 0. The normalized spacial score (nSPS) is 18.6. The van der Waals surface area contributed by atoms with Crippen LogP contribution in [-0.4, -0.2) is 20.6 Å². The van der Waals surface area contributed by atoms with Crippen LogP contribution in [0.4, 0.5) is 17.1 Å². The van der Waals surface area contributed by atoms with Gasteiger partial charge in [0.05, 0.1) is 0 Å². The van der Waals surface area contributed by atoms with E-state index in [2.05, 4.69) is 31.4 Å². The van der Waals surface area contributed by atoms with Crippen molar-refractivity contribution in [1.82, 2.24) is 0 Å². The molecule has 4 rings (SSSR count). The van der Waals surface area contributed by atoms with E-state index in [1.807, 2.05) is 18.2 Å². The quantitative estimate of drug-likeness (QED) is 0.690. The van der Waals surface area contributed by atoms with Crippen LogP contribution in [-0.2, 0) is 12.8 Å². The maximum absolute atomic E-state index is 6.06. The van der Waals surface area contributed by atoms with Gasteiger partial charge in [0.15, 0.2) is 0 Å². The molecule has 2 aliphatic rings. The van der Waals surface area contributed by atoms with Crippen LogP contribution in [0, 0.1) is 0 Å². The molecule has 1 heterocycles. The summed E-state index contributed by atoms with van der Waals surface area (Å²) in [5.74, 6) is 0. The van der Waals surface area contributed by atoms with Gasteiger partial charge < -0.3 is 0 Å². The van der Waals surface area contributed by atoms with Gasteiger partial charge in [-0.25, -0.2) is 0 Å². The van der Waals surface area contributed by atoms with Gasteiger partial charge in [0.25, 0.3) is 0 Å². The molecule has 1 atom stereocenters. The molecule has 0 amide bonds. The molecule has 0 saturated carbocycles. The summed E-state index contributed by atoms with van der Waals surface area (Å²) in [6.45, 7) is 0. The molecule has 0 aromatic heterocycles. The summed E-state index contributed by atoms with van der Waals surface area (Å²) in [4.78, 5) is 0. The van der Waals surface area contributed by atoms with E-state index in [0.29, 0.717) is 6.04 Å². The van der Waals surface area contributed by atoms with Crippen molar-refractivity contribution in [3.63, 3.8) is 0 Å². The number of nitrogens with one attached hydrogen (secondary N) is 1. The van der Waals surface area contributed by atoms with Gasteiger partial charge in [0, 0.05) is 0 Å². The average Bonchev–Trinajstić information content (AvgIpc) is 3.04. The van der Waals surface area contributed by atoms with Crippen molar-refractivity contribution in [2.24, 2.45) is 7.92 Å². The van der Waals surface area contributed by atoms with Gasteiger partial charge in [-0.2, -0.15) is 0 Å². The number of benzene rings is 2. The second-order valence-electron chi connectivity index (χ2n) is 5.10. The third-order valence-corrected chi connectivity index (χ3v) is 5.12. The molecule has 2 aromatic carbocycles. The first kappa shape index (κ1) is 12.4. The summed E-state index contributed by atoms with van der Waals surface area (Å²) in [6, 6.07) is 12.8. The molecule has 0 radical (unpaired) electrons. The molecule has 100 valence electrons. The fourth-order valence-electron chi connectivity index (χ4n) is 2.83. The van der Waals surface area contributed by atoms with Crippen LogP contribution in [0.3, 0.4) is 0 Å². The van der Waals surface area contributed by atoms with Crippen LogP contribution < -0.4 is 5.32 Å². The molecule has 1 aliphatic carbocycles. The first-order valence-corrected chi connectivity index (χ1v) is 8.46. The standard InChI is InChI=1S/C15H12ClN3Se/c16-11-5-4-9-7-12(8-10(9)6-11)17-13-2-1-3-14-15(13)19-20-18-14/h1-6,12,17H,7-8H2. The fraction of sp³-hybridized carbons (Fsp3) is 0.200. The van der Waals surface area contributed by atoms with Gasteiger partial charge >= 0.3 is 128 Å². The minimum absolute atomic E-state index is 0.0201. The zero-order valence-corrected chi connectivity index (χ0v) is 13.1. The summed E-state index contributed by atoms with van der Waals surface area (Å²) >= 11 is 6.08. The van der Waals surface area contributed by atoms with Crippen molar-refractivity contribution in [3.05, 3.63) is 52.5 Å². The van der Waals surface area contributed by atoms with Crippen LogP contribution in [0.5, 0.6) is 0 Å². The Morgan fingerprint density at radius 2 is 2.00 bits per heavy atom. The second kappa shape index (κ2) is 4.88. The van der Waals surface area contributed by atoms with Crippen molar-refractivity contribution in [3.8, 4) is 0 Å². The number of fused-ring (bicyclic) bond motifs is 2. The zero-order valence-electron chi connectivity index (χ0n) is 10.6. The van der Waals surface area contributed by atoms with Gasteiger partial charge in [0.2, 0.25) is 0 Å². The molecule has 3 nitrogen and oxygen atoms in total. The predicted octanol–water partition coefficient (Wildman–Crippen LogP) is 4.27. The molecular weight excluding hydrogens is 337 g/mol. The second-order valence-corrected chi connectivity index (χ2v) is 6.65. The van der Waals surface area contributed by atoms with Crippen molar-refractivity contribution in [2.45, 2.75) is 18.9 Å². The van der Waals surface area contributed by atoms with E-state index in [9.17, 15) is 0 Å². The molecule has 1 unspecified atom stereocenters. The number of anilines is 1. The Hall–Kier alpha value is -1.35. The molecule has 2 aromatic rings. The Kier molecular flexibility index (Phi) is 3.03. The molecule has 0 saturated heterocycles. The summed E-state index contributed by atoms with van der Waals surface area (Å²) in [5, 5.41) is 4.44. The van der Waals surface area contributed by atoms with E-state index < -0.39 is 0 Å². The number of halogens is 1. The number of rotatable bonds is 2. The Bertz CT molecular complexity index is 766. The van der Waals surface area contributed by atoms with E-state index in [1.165, 1.54) is 11.1 Å². The van der Waals surface area contributed by atoms with Crippen LogP contribution in [0.15, 0.2) is 44.3 Å². The fourth-order valence-corrected chi connectivity index (χ4v) is 4.18. The van der Waals surface area contributed by atoms with Crippen molar-refractivity contribution in [1.29, 1.82) is 0 Å². The predicted molar refractivity (Wildman–Crippen MR) is 82.6 cm³/mol. The van der Waals surface area contributed by atoms with E-state index in [4.69, 9.17) is 11.6 Å². The Morgan fingerprint density at radius 3 is 2.95 bits per heavy atom. The Balaban J connectivity index is 1.58. The van der Waals surface area contributed by atoms with Crippen LogP contribution >= 0.6 is 11.6 Å².